The van der Waals surface area contributed by atoms with Crippen LogP contribution in [0.15, 0.2) is 36.4 Å². The molecule has 2 aromatic carbocycles. The van der Waals surface area contributed by atoms with Crippen molar-refractivity contribution < 1.29 is 22.5 Å². The van der Waals surface area contributed by atoms with Crippen molar-refractivity contribution in [3.8, 4) is 0 Å². The summed E-state index contributed by atoms with van der Waals surface area (Å²) in [6.45, 7) is -0.0991. The van der Waals surface area contributed by atoms with Crippen LogP contribution in [0.1, 0.15) is 11.1 Å². The van der Waals surface area contributed by atoms with Gasteiger partial charge in [-0.05, 0) is 23.8 Å². The van der Waals surface area contributed by atoms with Crippen molar-refractivity contribution in [1.82, 2.24) is 0 Å². The Morgan fingerprint density at radius 1 is 1.22 bits per heavy atom. The number of alkyl halides is 3. The van der Waals surface area contributed by atoms with Crippen LogP contribution in [-0.4, -0.2) is 4.92 Å². The molecule has 0 saturated heterocycles. The smallest absolute Gasteiger partial charge is 0.391 e. The Bertz CT molecular complexity index is 747. The van der Waals surface area contributed by atoms with Crippen LogP contribution < -0.4 is 11.1 Å². The fourth-order valence-electron chi connectivity index (χ4n) is 1.93. The number of hydrogen-bond acceptors (Lipinski definition) is 4. The summed E-state index contributed by atoms with van der Waals surface area (Å²) in [6.07, 6.45) is -4.47. The second-order valence-corrected chi connectivity index (χ2v) is 4.67. The van der Waals surface area contributed by atoms with Gasteiger partial charge in [-0.25, -0.2) is 4.39 Å². The number of nitrogens with two attached hydrogens (primary N) is 1. The molecule has 0 amide bonds. The first kappa shape index (κ1) is 16.5. The third-order valence-electron chi connectivity index (χ3n) is 3.09. The summed E-state index contributed by atoms with van der Waals surface area (Å²) >= 11 is 0. The van der Waals surface area contributed by atoms with Crippen LogP contribution in [0, 0.1) is 15.9 Å². The number of rotatable bonds is 4. The van der Waals surface area contributed by atoms with Gasteiger partial charge in [0.15, 0.2) is 5.82 Å². The van der Waals surface area contributed by atoms with Gasteiger partial charge in [-0.3, -0.25) is 10.1 Å². The van der Waals surface area contributed by atoms with Crippen molar-refractivity contribution in [2.45, 2.75) is 12.7 Å². The minimum Gasteiger partial charge on any atom is -0.391 e. The lowest BCUT2D eigenvalue weighted by Gasteiger charge is -2.11. The van der Waals surface area contributed by atoms with Gasteiger partial charge in [0.1, 0.15) is 5.69 Å². The molecule has 0 saturated carbocycles. The normalized spacial score (nSPS) is 11.3. The van der Waals surface area contributed by atoms with Crippen LogP contribution in [0.5, 0.6) is 0 Å². The molecular weight excluding hydrogens is 318 g/mol. The Labute approximate surface area is 127 Å². The van der Waals surface area contributed by atoms with Crippen LogP contribution in [0.2, 0.25) is 0 Å². The van der Waals surface area contributed by atoms with Gasteiger partial charge in [-0.15, -0.1) is 0 Å². The van der Waals surface area contributed by atoms with E-state index in [-0.39, 0.29) is 17.8 Å². The first-order valence-electron chi connectivity index (χ1n) is 6.32. The number of benzene rings is 2. The molecule has 0 bridgehead atoms. The maximum atomic E-state index is 13.9. The Balaban J connectivity index is 2.19. The minimum atomic E-state index is -4.47. The quantitative estimate of drug-likeness (QED) is 0.385. The Kier molecular flexibility index (Phi) is 4.39. The molecule has 0 aliphatic heterocycles. The van der Waals surface area contributed by atoms with Crippen LogP contribution in [0.4, 0.5) is 34.6 Å². The molecule has 0 aliphatic carbocycles. The SMILES string of the molecule is Nc1c([N+](=O)[O-])ccc(NCc2cccc(C(F)(F)F)c2)c1F. The Morgan fingerprint density at radius 2 is 1.91 bits per heavy atom. The molecule has 0 heterocycles. The summed E-state index contributed by atoms with van der Waals surface area (Å²) in [4.78, 5) is 9.80. The van der Waals surface area contributed by atoms with Gasteiger partial charge in [0.2, 0.25) is 0 Å². The van der Waals surface area contributed by atoms with Crippen LogP contribution >= 0.6 is 0 Å². The zero-order chi connectivity index (χ0) is 17.2. The van der Waals surface area contributed by atoms with E-state index in [1.165, 1.54) is 12.1 Å². The van der Waals surface area contributed by atoms with Gasteiger partial charge >= 0.3 is 6.18 Å². The third kappa shape index (κ3) is 3.68. The van der Waals surface area contributed by atoms with Crippen LogP contribution in [0.25, 0.3) is 0 Å². The van der Waals surface area contributed by atoms with Gasteiger partial charge in [0.25, 0.3) is 5.69 Å². The number of nitro groups is 1. The van der Waals surface area contributed by atoms with Gasteiger partial charge in [-0.1, -0.05) is 12.1 Å². The average molecular weight is 329 g/mol. The molecule has 0 unspecified atom stereocenters. The number of nitrogens with zero attached hydrogens (tertiary/aromatic N) is 1. The maximum Gasteiger partial charge on any atom is 0.416 e. The van der Waals surface area contributed by atoms with Crippen LogP contribution in [0.3, 0.4) is 0 Å². The standard InChI is InChI=1S/C14H11F4N3O2/c15-12-10(4-5-11(13(12)19)21(22)23)20-7-8-2-1-3-9(6-8)14(16,17)18/h1-6,20H,7,19H2. The second kappa shape index (κ2) is 6.11. The third-order valence-corrected chi connectivity index (χ3v) is 3.09. The van der Waals surface area contributed by atoms with E-state index in [0.717, 1.165) is 24.3 Å². The molecule has 2 rings (SSSR count). The van der Waals surface area contributed by atoms with Crippen molar-refractivity contribution in [3.05, 3.63) is 63.5 Å². The lowest BCUT2D eigenvalue weighted by molar-refractivity contribution is -0.384. The highest BCUT2D eigenvalue weighted by Gasteiger charge is 2.30. The van der Waals surface area contributed by atoms with Gasteiger partial charge < -0.3 is 11.1 Å². The molecule has 2 aromatic rings. The van der Waals surface area contributed by atoms with E-state index in [2.05, 4.69) is 5.32 Å². The first-order chi connectivity index (χ1) is 10.7. The fraction of sp³-hybridized carbons (Fsp3) is 0.143. The molecule has 0 aliphatic rings. The highest BCUT2D eigenvalue weighted by molar-refractivity contribution is 5.67. The van der Waals surface area contributed by atoms with Crippen LogP contribution in [-0.2, 0) is 12.7 Å². The lowest BCUT2D eigenvalue weighted by atomic mass is 10.1. The maximum absolute atomic E-state index is 13.9. The van der Waals surface area contributed by atoms with Crippen molar-refractivity contribution >= 4 is 17.1 Å². The number of nitrogen functional groups attached to an aromatic ring is 1. The first-order valence-corrected chi connectivity index (χ1v) is 6.32. The molecule has 0 atom stereocenters. The summed E-state index contributed by atoms with van der Waals surface area (Å²) in [7, 11) is 0. The van der Waals surface area contributed by atoms with Crippen molar-refractivity contribution in [2.75, 3.05) is 11.1 Å². The minimum absolute atomic E-state index is 0.0991. The predicted octanol–water partition coefficient (Wildman–Crippen LogP) is 3.95. The predicted molar refractivity (Wildman–Crippen MR) is 76.2 cm³/mol. The second-order valence-electron chi connectivity index (χ2n) is 4.67. The zero-order valence-corrected chi connectivity index (χ0v) is 11.5. The molecule has 0 fully saturated rings. The van der Waals surface area contributed by atoms with Gasteiger partial charge in [-0.2, -0.15) is 13.2 Å². The number of nitrogens with one attached hydrogen (secondary N) is 1. The highest BCUT2D eigenvalue weighted by atomic mass is 19.4. The highest BCUT2D eigenvalue weighted by Crippen LogP contribution is 2.31. The largest absolute Gasteiger partial charge is 0.416 e. The average Bonchev–Trinajstić information content (AvgIpc) is 2.48. The van der Waals surface area contributed by atoms with E-state index in [4.69, 9.17) is 5.73 Å². The Morgan fingerprint density at radius 3 is 2.52 bits per heavy atom. The lowest BCUT2D eigenvalue weighted by Crippen LogP contribution is -2.08. The molecule has 5 nitrogen and oxygen atoms in total. The van der Waals surface area contributed by atoms with Gasteiger partial charge in [0, 0.05) is 12.6 Å². The van der Waals surface area contributed by atoms with Crippen molar-refractivity contribution in [2.24, 2.45) is 0 Å². The summed E-state index contributed by atoms with van der Waals surface area (Å²) in [5.74, 6) is -1.02. The van der Waals surface area contributed by atoms with E-state index in [1.54, 1.807) is 0 Å². The molecule has 3 N–H and O–H groups in total. The number of hydrogen-bond donors (Lipinski definition) is 2. The van der Waals surface area contributed by atoms with Gasteiger partial charge in [0.05, 0.1) is 16.2 Å². The molecular formula is C14H11F4N3O2. The van der Waals surface area contributed by atoms with E-state index in [1.807, 2.05) is 0 Å². The molecule has 23 heavy (non-hydrogen) atoms. The monoisotopic (exact) mass is 329 g/mol. The van der Waals surface area contributed by atoms with E-state index < -0.39 is 33.9 Å². The van der Waals surface area contributed by atoms with E-state index >= 15 is 0 Å². The fourth-order valence-corrected chi connectivity index (χ4v) is 1.93. The summed E-state index contributed by atoms with van der Waals surface area (Å²) in [5, 5.41) is 13.2. The number of halogens is 4. The topological polar surface area (TPSA) is 81.2 Å². The molecule has 0 aromatic heterocycles. The zero-order valence-electron chi connectivity index (χ0n) is 11.5. The molecule has 0 spiro atoms. The Hall–Kier alpha value is -2.84. The molecule has 0 radical (unpaired) electrons. The summed E-state index contributed by atoms with van der Waals surface area (Å²) in [6, 6.07) is 6.66. The molecule has 9 heteroatoms. The number of anilines is 2. The van der Waals surface area contributed by atoms with E-state index in [0.29, 0.717) is 0 Å². The summed E-state index contributed by atoms with van der Waals surface area (Å²) < 4.78 is 51.7. The van der Waals surface area contributed by atoms with Crippen molar-refractivity contribution in [3.63, 3.8) is 0 Å². The number of nitro benzene ring substituents is 1. The summed E-state index contributed by atoms with van der Waals surface area (Å²) in [5.41, 5.74) is 3.44. The van der Waals surface area contributed by atoms with Crippen molar-refractivity contribution in [1.29, 1.82) is 0 Å². The van der Waals surface area contributed by atoms with E-state index in [9.17, 15) is 27.7 Å². The molecule has 122 valence electrons.